The van der Waals surface area contributed by atoms with E-state index in [1.807, 2.05) is 42.5 Å². The molecule has 24 heavy (non-hydrogen) atoms. The largest absolute Gasteiger partial charge is 0.481 e. The zero-order valence-corrected chi connectivity index (χ0v) is 13.1. The van der Waals surface area contributed by atoms with Gasteiger partial charge in [0.25, 0.3) is 0 Å². The summed E-state index contributed by atoms with van der Waals surface area (Å²) >= 11 is 0. The van der Waals surface area contributed by atoms with Gasteiger partial charge in [0.15, 0.2) is 0 Å². The number of carbonyl (C=O) groups excluding carboxylic acids is 1. The predicted octanol–water partition coefficient (Wildman–Crippen LogP) is 3.54. The molecule has 1 unspecified atom stereocenters. The summed E-state index contributed by atoms with van der Waals surface area (Å²) in [7, 11) is 0. The molecule has 2 aromatic rings. The van der Waals surface area contributed by atoms with Gasteiger partial charge in [-0.2, -0.15) is 5.26 Å². The van der Waals surface area contributed by atoms with Gasteiger partial charge in [-0.3, -0.25) is 9.59 Å². The van der Waals surface area contributed by atoms with Crippen LogP contribution in [-0.4, -0.2) is 17.0 Å². The molecule has 0 aromatic heterocycles. The SMILES string of the molecule is N#CC(c1ccccc1)c1ccc(NC(=O)CCCC(=O)O)cc1. The third-order valence-electron chi connectivity index (χ3n) is 3.58. The quantitative estimate of drug-likeness (QED) is 0.816. The lowest BCUT2D eigenvalue weighted by Crippen LogP contribution is -2.12. The average molecular weight is 322 g/mol. The van der Waals surface area contributed by atoms with E-state index in [9.17, 15) is 14.9 Å². The summed E-state index contributed by atoms with van der Waals surface area (Å²) in [6.07, 6.45) is 0.454. The minimum Gasteiger partial charge on any atom is -0.481 e. The normalized spacial score (nSPS) is 11.3. The van der Waals surface area contributed by atoms with Gasteiger partial charge in [-0.1, -0.05) is 42.5 Å². The van der Waals surface area contributed by atoms with Crippen LogP contribution in [0.4, 0.5) is 5.69 Å². The number of hydrogen-bond acceptors (Lipinski definition) is 3. The van der Waals surface area contributed by atoms with Crippen LogP contribution in [0.5, 0.6) is 0 Å². The third-order valence-corrected chi connectivity index (χ3v) is 3.58. The number of aliphatic carboxylic acids is 1. The zero-order chi connectivity index (χ0) is 17.4. The van der Waals surface area contributed by atoms with Gasteiger partial charge in [-0.05, 0) is 29.7 Å². The molecule has 0 radical (unpaired) electrons. The summed E-state index contributed by atoms with van der Waals surface area (Å²) < 4.78 is 0. The number of rotatable bonds is 7. The highest BCUT2D eigenvalue weighted by atomic mass is 16.4. The number of benzene rings is 2. The molecule has 0 spiro atoms. The number of nitriles is 1. The Labute approximate surface area is 140 Å². The Kier molecular flexibility index (Phi) is 6.09. The summed E-state index contributed by atoms with van der Waals surface area (Å²) in [4.78, 5) is 22.2. The molecule has 122 valence electrons. The van der Waals surface area contributed by atoms with Gasteiger partial charge in [0.2, 0.25) is 5.91 Å². The van der Waals surface area contributed by atoms with Crippen molar-refractivity contribution in [1.82, 2.24) is 0 Å². The van der Waals surface area contributed by atoms with Gasteiger partial charge in [0, 0.05) is 18.5 Å². The van der Waals surface area contributed by atoms with Crippen molar-refractivity contribution in [2.45, 2.75) is 25.2 Å². The van der Waals surface area contributed by atoms with E-state index >= 15 is 0 Å². The lowest BCUT2D eigenvalue weighted by molar-refractivity contribution is -0.137. The van der Waals surface area contributed by atoms with Crippen LogP contribution in [0.3, 0.4) is 0 Å². The van der Waals surface area contributed by atoms with Crippen molar-refractivity contribution < 1.29 is 14.7 Å². The zero-order valence-electron chi connectivity index (χ0n) is 13.1. The molecule has 0 bridgehead atoms. The van der Waals surface area contributed by atoms with Crippen molar-refractivity contribution in [2.75, 3.05) is 5.32 Å². The van der Waals surface area contributed by atoms with Crippen LogP contribution in [0.2, 0.25) is 0 Å². The monoisotopic (exact) mass is 322 g/mol. The predicted molar refractivity (Wildman–Crippen MR) is 90.5 cm³/mol. The maximum Gasteiger partial charge on any atom is 0.303 e. The van der Waals surface area contributed by atoms with Gasteiger partial charge in [0.05, 0.1) is 12.0 Å². The van der Waals surface area contributed by atoms with E-state index in [2.05, 4.69) is 11.4 Å². The van der Waals surface area contributed by atoms with Crippen LogP contribution in [0.1, 0.15) is 36.3 Å². The van der Waals surface area contributed by atoms with Crippen molar-refractivity contribution in [2.24, 2.45) is 0 Å². The van der Waals surface area contributed by atoms with Gasteiger partial charge in [-0.25, -0.2) is 0 Å². The van der Waals surface area contributed by atoms with Gasteiger partial charge in [-0.15, -0.1) is 0 Å². The minimum atomic E-state index is -0.907. The second-order valence-corrected chi connectivity index (χ2v) is 5.39. The lowest BCUT2D eigenvalue weighted by atomic mass is 9.92. The molecule has 0 saturated heterocycles. The number of nitrogens with zero attached hydrogens (tertiary/aromatic N) is 1. The Morgan fingerprint density at radius 2 is 1.62 bits per heavy atom. The average Bonchev–Trinajstić information content (AvgIpc) is 2.58. The molecular formula is C19H18N2O3. The second-order valence-electron chi connectivity index (χ2n) is 5.39. The number of nitrogens with one attached hydrogen (secondary N) is 1. The Bertz CT molecular complexity index is 733. The van der Waals surface area contributed by atoms with Crippen molar-refractivity contribution in [3.8, 4) is 6.07 Å². The van der Waals surface area contributed by atoms with Gasteiger partial charge in [0.1, 0.15) is 0 Å². The maximum atomic E-state index is 11.7. The molecule has 0 fully saturated rings. The number of hydrogen-bond donors (Lipinski definition) is 2. The first kappa shape index (κ1) is 17.2. The molecule has 2 N–H and O–H groups in total. The molecule has 5 nitrogen and oxygen atoms in total. The highest BCUT2D eigenvalue weighted by molar-refractivity contribution is 5.90. The molecular weight excluding hydrogens is 304 g/mol. The Hall–Kier alpha value is -3.13. The number of carbonyl (C=O) groups is 2. The molecule has 0 heterocycles. The molecule has 5 heteroatoms. The van der Waals surface area contributed by atoms with Crippen LogP contribution in [-0.2, 0) is 9.59 Å². The molecule has 0 aliphatic heterocycles. The summed E-state index contributed by atoms with van der Waals surface area (Å²) in [6.45, 7) is 0. The first-order valence-electron chi connectivity index (χ1n) is 7.66. The number of anilines is 1. The summed E-state index contributed by atoms with van der Waals surface area (Å²) in [5, 5.41) is 20.7. The van der Waals surface area contributed by atoms with E-state index in [0.717, 1.165) is 11.1 Å². The van der Waals surface area contributed by atoms with Crippen molar-refractivity contribution in [3.63, 3.8) is 0 Å². The fourth-order valence-electron chi connectivity index (χ4n) is 2.37. The fourth-order valence-corrected chi connectivity index (χ4v) is 2.37. The smallest absolute Gasteiger partial charge is 0.303 e. The molecule has 2 aromatic carbocycles. The highest BCUT2D eigenvalue weighted by Gasteiger charge is 2.13. The van der Waals surface area contributed by atoms with E-state index < -0.39 is 5.97 Å². The van der Waals surface area contributed by atoms with Crippen LogP contribution in [0, 0.1) is 11.3 Å². The van der Waals surface area contributed by atoms with Crippen molar-refractivity contribution in [1.29, 1.82) is 5.26 Å². The van der Waals surface area contributed by atoms with Gasteiger partial charge < -0.3 is 10.4 Å². The second kappa shape index (κ2) is 8.49. The number of amides is 1. The van der Waals surface area contributed by atoms with Gasteiger partial charge >= 0.3 is 5.97 Å². The summed E-state index contributed by atoms with van der Waals surface area (Å²) in [6, 6.07) is 18.9. The first-order chi connectivity index (χ1) is 11.6. The Balaban J connectivity index is 1.99. The topological polar surface area (TPSA) is 90.2 Å². The number of carboxylic acid groups (broad SMARTS) is 1. The standard InChI is InChI=1S/C19H18N2O3/c20-13-17(14-5-2-1-3-6-14)15-9-11-16(12-10-15)21-18(22)7-4-8-19(23)24/h1-3,5-6,9-12,17H,4,7-8H2,(H,21,22)(H,23,24). The molecule has 0 aliphatic rings. The van der Waals surface area contributed by atoms with Crippen LogP contribution >= 0.6 is 0 Å². The lowest BCUT2D eigenvalue weighted by Gasteiger charge is -2.11. The Morgan fingerprint density at radius 1 is 1.00 bits per heavy atom. The summed E-state index contributed by atoms with van der Waals surface area (Å²) in [5.41, 5.74) is 2.40. The fraction of sp³-hybridized carbons (Fsp3) is 0.211. The van der Waals surface area contributed by atoms with Crippen molar-refractivity contribution in [3.05, 3.63) is 65.7 Å². The molecule has 1 amide bonds. The van der Waals surface area contributed by atoms with Crippen LogP contribution in [0.25, 0.3) is 0 Å². The third kappa shape index (κ3) is 4.96. The van der Waals surface area contributed by atoms with E-state index in [1.165, 1.54) is 0 Å². The van der Waals surface area contributed by atoms with E-state index in [4.69, 9.17) is 5.11 Å². The molecule has 1 atom stereocenters. The first-order valence-corrected chi connectivity index (χ1v) is 7.66. The highest BCUT2D eigenvalue weighted by Crippen LogP contribution is 2.25. The van der Waals surface area contributed by atoms with Crippen molar-refractivity contribution >= 4 is 17.6 Å². The van der Waals surface area contributed by atoms with E-state index in [1.54, 1.807) is 12.1 Å². The molecule has 0 aliphatic carbocycles. The van der Waals surface area contributed by atoms with E-state index in [-0.39, 0.29) is 24.7 Å². The minimum absolute atomic E-state index is 0.0206. The van der Waals surface area contributed by atoms with Crippen LogP contribution < -0.4 is 5.32 Å². The Morgan fingerprint density at radius 3 is 2.21 bits per heavy atom. The van der Waals surface area contributed by atoms with Crippen LogP contribution in [0.15, 0.2) is 54.6 Å². The molecule has 0 saturated carbocycles. The van der Waals surface area contributed by atoms with E-state index in [0.29, 0.717) is 12.1 Å². The molecule has 2 rings (SSSR count). The maximum absolute atomic E-state index is 11.7. The number of carboxylic acids is 1. The summed E-state index contributed by atoms with van der Waals surface area (Å²) in [5.74, 6) is -1.48.